The van der Waals surface area contributed by atoms with Crippen LogP contribution < -0.4 is 10.9 Å². The van der Waals surface area contributed by atoms with Gasteiger partial charge in [-0.2, -0.15) is 0 Å². The van der Waals surface area contributed by atoms with Crippen LogP contribution in [0.2, 0.25) is 0 Å². The largest absolute Gasteiger partial charge is 0.466 e. The summed E-state index contributed by atoms with van der Waals surface area (Å²) >= 11 is 0. The van der Waals surface area contributed by atoms with Crippen molar-refractivity contribution in [2.45, 2.75) is 5.92 Å². The Labute approximate surface area is 189 Å². The molecule has 0 aliphatic carbocycles. The molecule has 1 aliphatic rings. The Kier molecular flexibility index (Phi) is 5.27. The summed E-state index contributed by atoms with van der Waals surface area (Å²) < 4.78 is 10.5. The standard InChI is InChI=1S/C25H22N4O4/c1-32-13-18-20(25(31)33-2)19(16-9-6-10-17-15(16)11-12-26-17)21-23(27-18)28-22(29-24(21)30)14-7-4-3-5-8-14/h3-12,19,26H,13H2,1-2H3,(H2,27,28,29,30). The summed E-state index contributed by atoms with van der Waals surface area (Å²) in [4.78, 5) is 37.3. The fourth-order valence-corrected chi connectivity index (χ4v) is 4.39. The second-order valence-corrected chi connectivity index (χ2v) is 7.70. The molecule has 0 saturated carbocycles. The first-order chi connectivity index (χ1) is 16.1. The minimum atomic E-state index is -0.695. The molecule has 3 N–H and O–H groups in total. The summed E-state index contributed by atoms with van der Waals surface area (Å²) in [5.41, 5.74) is 3.32. The van der Waals surface area contributed by atoms with Crippen LogP contribution in [0.4, 0.5) is 5.82 Å². The highest BCUT2D eigenvalue weighted by atomic mass is 16.5. The predicted octanol–water partition coefficient (Wildman–Crippen LogP) is 3.55. The average molecular weight is 442 g/mol. The van der Waals surface area contributed by atoms with E-state index in [9.17, 15) is 9.59 Å². The summed E-state index contributed by atoms with van der Waals surface area (Å²) in [7, 11) is 2.87. The summed E-state index contributed by atoms with van der Waals surface area (Å²) in [5, 5.41) is 4.07. The number of methoxy groups -OCH3 is 2. The number of carbonyl (C=O) groups is 1. The van der Waals surface area contributed by atoms with Crippen molar-refractivity contribution >= 4 is 22.7 Å². The molecular weight excluding hydrogens is 420 g/mol. The van der Waals surface area contributed by atoms with Crippen LogP contribution in [0.5, 0.6) is 0 Å². The van der Waals surface area contributed by atoms with Crippen LogP contribution >= 0.6 is 0 Å². The highest BCUT2D eigenvalue weighted by molar-refractivity contribution is 5.96. The molecule has 3 heterocycles. The normalized spacial score (nSPS) is 15.3. The van der Waals surface area contributed by atoms with Gasteiger partial charge in [0.25, 0.3) is 5.56 Å². The van der Waals surface area contributed by atoms with E-state index >= 15 is 0 Å². The zero-order valence-corrected chi connectivity index (χ0v) is 18.1. The minimum absolute atomic E-state index is 0.124. The summed E-state index contributed by atoms with van der Waals surface area (Å²) in [6, 6.07) is 17.1. The van der Waals surface area contributed by atoms with Gasteiger partial charge in [0.15, 0.2) is 0 Å². The van der Waals surface area contributed by atoms with Gasteiger partial charge in [-0.1, -0.05) is 42.5 Å². The molecule has 0 bridgehead atoms. The number of benzene rings is 2. The van der Waals surface area contributed by atoms with Gasteiger partial charge in [0, 0.05) is 29.8 Å². The molecule has 8 nitrogen and oxygen atoms in total. The van der Waals surface area contributed by atoms with Crippen molar-refractivity contribution in [2.75, 3.05) is 26.1 Å². The molecular formula is C25H22N4O4. The summed E-state index contributed by atoms with van der Waals surface area (Å²) in [5.74, 6) is -0.415. The van der Waals surface area contributed by atoms with Gasteiger partial charge in [-0.25, -0.2) is 9.78 Å². The lowest BCUT2D eigenvalue weighted by molar-refractivity contribution is -0.136. The molecule has 0 amide bonds. The van der Waals surface area contributed by atoms with Crippen LogP contribution in [0.25, 0.3) is 22.3 Å². The van der Waals surface area contributed by atoms with E-state index < -0.39 is 11.9 Å². The van der Waals surface area contributed by atoms with Gasteiger partial charge >= 0.3 is 5.97 Å². The van der Waals surface area contributed by atoms with Crippen LogP contribution in [0.1, 0.15) is 17.0 Å². The molecule has 0 spiro atoms. The number of aromatic nitrogens is 3. The van der Waals surface area contributed by atoms with Crippen LogP contribution in [-0.4, -0.2) is 41.7 Å². The lowest BCUT2D eigenvalue weighted by atomic mass is 9.81. The van der Waals surface area contributed by atoms with Crippen LogP contribution in [0.3, 0.4) is 0 Å². The van der Waals surface area contributed by atoms with Gasteiger partial charge in [-0.15, -0.1) is 0 Å². The number of H-pyrrole nitrogens is 2. The minimum Gasteiger partial charge on any atom is -0.466 e. The Morgan fingerprint density at radius 2 is 1.88 bits per heavy atom. The van der Waals surface area contributed by atoms with Crippen molar-refractivity contribution in [3.8, 4) is 11.4 Å². The Morgan fingerprint density at radius 1 is 1.06 bits per heavy atom. The van der Waals surface area contributed by atoms with Crippen molar-refractivity contribution < 1.29 is 14.3 Å². The van der Waals surface area contributed by atoms with E-state index in [2.05, 4.69) is 15.3 Å². The smallest absolute Gasteiger partial charge is 0.336 e. The number of fused-ring (bicyclic) bond motifs is 2. The average Bonchev–Trinajstić information content (AvgIpc) is 3.32. The summed E-state index contributed by atoms with van der Waals surface area (Å²) in [6.07, 6.45) is 1.83. The Balaban J connectivity index is 1.80. The Hall–Kier alpha value is -4.17. The van der Waals surface area contributed by atoms with E-state index in [1.807, 2.05) is 60.8 Å². The van der Waals surface area contributed by atoms with E-state index in [4.69, 9.17) is 14.5 Å². The number of nitrogens with one attached hydrogen (secondary N) is 3. The van der Waals surface area contributed by atoms with Crippen LogP contribution in [0, 0.1) is 0 Å². The fraction of sp³-hybridized carbons (Fsp3) is 0.160. The van der Waals surface area contributed by atoms with Crippen molar-refractivity contribution in [1.82, 2.24) is 15.0 Å². The SMILES string of the molecule is COCC1=C(C(=O)OC)C(c2cccc3[nH]ccc23)c2c(nc(-c3ccccc3)[nH]c2=O)N1. The zero-order chi connectivity index (χ0) is 22.9. The molecule has 5 rings (SSSR count). The maximum absolute atomic E-state index is 13.5. The molecule has 33 heavy (non-hydrogen) atoms. The molecule has 0 fully saturated rings. The molecule has 0 saturated heterocycles. The number of hydrogen-bond acceptors (Lipinski definition) is 6. The number of ether oxygens (including phenoxy) is 2. The Morgan fingerprint density at radius 3 is 2.64 bits per heavy atom. The first-order valence-electron chi connectivity index (χ1n) is 10.4. The highest BCUT2D eigenvalue weighted by Crippen LogP contribution is 2.42. The van der Waals surface area contributed by atoms with Gasteiger partial charge in [-0.3, -0.25) is 4.79 Å². The van der Waals surface area contributed by atoms with Crippen molar-refractivity contribution in [2.24, 2.45) is 0 Å². The van der Waals surface area contributed by atoms with Crippen LogP contribution in [-0.2, 0) is 14.3 Å². The number of nitrogens with zero attached hydrogens (tertiary/aromatic N) is 1. The third-order valence-corrected chi connectivity index (χ3v) is 5.81. The van der Waals surface area contributed by atoms with Crippen molar-refractivity contribution in [3.63, 3.8) is 0 Å². The highest BCUT2D eigenvalue weighted by Gasteiger charge is 2.38. The molecule has 166 valence electrons. The lowest BCUT2D eigenvalue weighted by Gasteiger charge is -2.30. The topological polar surface area (TPSA) is 109 Å². The van der Waals surface area contributed by atoms with E-state index in [-0.39, 0.29) is 12.2 Å². The van der Waals surface area contributed by atoms with Gasteiger partial charge in [0.1, 0.15) is 11.6 Å². The van der Waals surface area contributed by atoms with Crippen molar-refractivity contribution in [1.29, 1.82) is 0 Å². The van der Waals surface area contributed by atoms with Gasteiger partial charge in [0.2, 0.25) is 0 Å². The van der Waals surface area contributed by atoms with E-state index in [1.54, 1.807) is 7.11 Å². The third kappa shape index (κ3) is 3.50. The second-order valence-electron chi connectivity index (χ2n) is 7.70. The van der Waals surface area contributed by atoms with E-state index in [0.29, 0.717) is 28.5 Å². The molecule has 2 aromatic heterocycles. The van der Waals surface area contributed by atoms with Crippen molar-refractivity contribution in [3.05, 3.63) is 93.5 Å². The molecule has 1 aliphatic heterocycles. The van der Waals surface area contributed by atoms with Gasteiger partial charge in [-0.05, 0) is 17.7 Å². The maximum atomic E-state index is 13.5. The summed E-state index contributed by atoms with van der Waals surface area (Å²) in [6.45, 7) is 0.124. The molecule has 8 heteroatoms. The molecule has 2 aromatic carbocycles. The second kappa shape index (κ2) is 8.40. The molecule has 1 unspecified atom stereocenters. The number of rotatable bonds is 5. The first kappa shape index (κ1) is 20.7. The van der Waals surface area contributed by atoms with Gasteiger partial charge in [0.05, 0.1) is 36.5 Å². The third-order valence-electron chi connectivity index (χ3n) is 5.81. The van der Waals surface area contributed by atoms with Crippen LogP contribution in [0.15, 0.2) is 76.9 Å². The zero-order valence-electron chi connectivity index (χ0n) is 18.1. The monoisotopic (exact) mass is 442 g/mol. The molecule has 4 aromatic rings. The Bertz CT molecular complexity index is 1440. The predicted molar refractivity (Wildman–Crippen MR) is 125 cm³/mol. The molecule has 1 atom stereocenters. The number of hydrogen-bond donors (Lipinski definition) is 3. The lowest BCUT2D eigenvalue weighted by Crippen LogP contribution is -2.32. The van der Waals surface area contributed by atoms with E-state index in [1.165, 1.54) is 7.11 Å². The number of aromatic amines is 2. The van der Waals surface area contributed by atoms with E-state index in [0.717, 1.165) is 22.0 Å². The van der Waals surface area contributed by atoms with Gasteiger partial charge < -0.3 is 24.8 Å². The number of carbonyl (C=O) groups excluding carboxylic acids is 1. The quantitative estimate of drug-likeness (QED) is 0.408. The number of esters is 1. The number of anilines is 1. The fourth-order valence-electron chi connectivity index (χ4n) is 4.39. The maximum Gasteiger partial charge on any atom is 0.336 e. The molecule has 0 radical (unpaired) electrons. The first-order valence-corrected chi connectivity index (χ1v) is 10.4.